The van der Waals surface area contributed by atoms with Gasteiger partial charge in [-0.3, -0.25) is 9.59 Å². The van der Waals surface area contributed by atoms with Crippen LogP contribution in [0.3, 0.4) is 0 Å². The Bertz CT molecular complexity index is 1270. The third kappa shape index (κ3) is 4.94. The number of nitrogens with zero attached hydrogens (tertiary/aromatic N) is 1. The molecule has 0 spiro atoms. The van der Waals surface area contributed by atoms with Crippen molar-refractivity contribution >= 4 is 11.6 Å². The van der Waals surface area contributed by atoms with E-state index in [-0.39, 0.29) is 24.0 Å². The van der Waals surface area contributed by atoms with Crippen LogP contribution in [0.15, 0.2) is 70.6 Å². The normalized spacial score (nSPS) is 15.6. The van der Waals surface area contributed by atoms with Crippen molar-refractivity contribution in [2.24, 2.45) is 5.16 Å². The predicted molar refractivity (Wildman–Crippen MR) is 131 cm³/mol. The Labute approximate surface area is 198 Å². The molecule has 0 aliphatic heterocycles. The molecule has 4 rings (SSSR count). The third-order valence-electron chi connectivity index (χ3n) is 6.62. The molecule has 1 aliphatic rings. The summed E-state index contributed by atoms with van der Waals surface area (Å²) in [6.07, 6.45) is 1.97. The highest BCUT2D eigenvalue weighted by atomic mass is 16.4. The molecule has 1 atom stereocenters. The number of aromatic amines is 1. The smallest absolute Gasteiger partial charge is 0.251 e. The van der Waals surface area contributed by atoms with E-state index in [1.165, 1.54) is 6.07 Å². The van der Waals surface area contributed by atoms with Crippen LogP contribution in [0.4, 0.5) is 0 Å². The van der Waals surface area contributed by atoms with Crippen molar-refractivity contribution in [2.45, 2.75) is 44.6 Å². The van der Waals surface area contributed by atoms with E-state index in [2.05, 4.69) is 15.5 Å². The fraction of sp³-hybridized carbons (Fsp3) is 0.296. The highest BCUT2D eigenvalue weighted by molar-refractivity contribution is 6.01. The van der Waals surface area contributed by atoms with Gasteiger partial charge in [0.25, 0.3) is 5.91 Å². The van der Waals surface area contributed by atoms with Crippen LogP contribution in [0.2, 0.25) is 0 Å². The van der Waals surface area contributed by atoms with Gasteiger partial charge >= 0.3 is 0 Å². The van der Waals surface area contributed by atoms with E-state index in [9.17, 15) is 19.9 Å². The predicted octanol–water partition coefficient (Wildman–Crippen LogP) is 3.65. The van der Waals surface area contributed by atoms with Crippen molar-refractivity contribution in [3.63, 3.8) is 0 Å². The lowest BCUT2D eigenvalue weighted by Crippen LogP contribution is -2.39. The van der Waals surface area contributed by atoms with E-state index in [1.54, 1.807) is 25.1 Å². The molecule has 1 heterocycles. The Morgan fingerprint density at radius 3 is 2.38 bits per heavy atom. The molecular formula is C27H29N3O4. The number of aryl methyl sites for hydroxylation is 2. The summed E-state index contributed by atoms with van der Waals surface area (Å²) in [7, 11) is 0. The number of nitrogens with one attached hydrogen (secondary N) is 2. The van der Waals surface area contributed by atoms with Crippen LogP contribution < -0.4 is 10.9 Å². The van der Waals surface area contributed by atoms with Crippen molar-refractivity contribution in [2.75, 3.05) is 6.61 Å². The number of H-pyrrole nitrogens is 1. The first-order valence-corrected chi connectivity index (χ1v) is 11.4. The van der Waals surface area contributed by atoms with Crippen LogP contribution in [0, 0.1) is 13.8 Å². The fourth-order valence-corrected chi connectivity index (χ4v) is 4.33. The van der Waals surface area contributed by atoms with E-state index >= 15 is 0 Å². The lowest BCUT2D eigenvalue weighted by molar-refractivity contribution is 0.0907. The molecule has 0 radical (unpaired) electrons. The molecule has 176 valence electrons. The number of benzene rings is 2. The molecule has 34 heavy (non-hydrogen) atoms. The molecule has 1 fully saturated rings. The second kappa shape index (κ2) is 9.65. The van der Waals surface area contributed by atoms with E-state index < -0.39 is 5.54 Å². The molecule has 7 nitrogen and oxygen atoms in total. The molecule has 7 heteroatoms. The number of hydrogen-bond acceptors (Lipinski definition) is 5. The highest BCUT2D eigenvalue weighted by Gasteiger charge is 2.43. The van der Waals surface area contributed by atoms with Crippen molar-refractivity contribution in [3.05, 3.63) is 105 Å². The number of aromatic nitrogens is 1. The molecule has 4 N–H and O–H groups in total. The number of amides is 1. The quantitative estimate of drug-likeness (QED) is 0.234. The van der Waals surface area contributed by atoms with Gasteiger partial charge in [-0.15, -0.1) is 0 Å². The number of carbonyl (C=O) groups excluding carboxylic acids is 1. The summed E-state index contributed by atoms with van der Waals surface area (Å²) < 4.78 is 0. The summed E-state index contributed by atoms with van der Waals surface area (Å²) in [5, 5.41) is 25.9. The van der Waals surface area contributed by atoms with Crippen LogP contribution >= 0.6 is 0 Å². The van der Waals surface area contributed by atoms with Crippen molar-refractivity contribution < 1.29 is 15.1 Å². The van der Waals surface area contributed by atoms with Gasteiger partial charge in [0, 0.05) is 35.2 Å². The molecule has 1 aromatic heterocycles. The average molecular weight is 460 g/mol. The standard InChI is InChI=1S/C27H29N3O4/c1-17-5-3-4-6-21(17)23(15-24(30-34)22-11-12-25(32)28-18(22)2)19-7-9-20(10-8-19)26(33)29-27(16-31)13-14-27/h3-12,23,31,34H,13-16H2,1-2H3,(H,28,32)(H,29,33)/b30-24+. The summed E-state index contributed by atoms with van der Waals surface area (Å²) in [6.45, 7) is 3.76. The molecule has 1 amide bonds. The first kappa shape index (κ1) is 23.4. The zero-order valence-electron chi connectivity index (χ0n) is 19.3. The number of carbonyl (C=O) groups is 1. The number of oxime groups is 1. The monoisotopic (exact) mass is 459 g/mol. The van der Waals surface area contributed by atoms with Crippen LogP contribution in [0.5, 0.6) is 0 Å². The Balaban J connectivity index is 1.66. The third-order valence-corrected chi connectivity index (χ3v) is 6.62. The van der Waals surface area contributed by atoms with Gasteiger partial charge in [0.1, 0.15) is 0 Å². The van der Waals surface area contributed by atoms with Gasteiger partial charge in [-0.25, -0.2) is 0 Å². The molecule has 1 saturated carbocycles. The Hall–Kier alpha value is -3.71. The summed E-state index contributed by atoms with van der Waals surface area (Å²) in [4.78, 5) is 27.0. The van der Waals surface area contributed by atoms with Gasteiger partial charge in [-0.2, -0.15) is 0 Å². The second-order valence-electron chi connectivity index (χ2n) is 9.04. The largest absolute Gasteiger partial charge is 0.411 e. The number of hydrogen-bond donors (Lipinski definition) is 4. The Morgan fingerprint density at radius 1 is 1.09 bits per heavy atom. The van der Waals surface area contributed by atoms with E-state index in [4.69, 9.17) is 0 Å². The minimum atomic E-state index is -0.472. The number of aliphatic hydroxyl groups excluding tert-OH is 1. The summed E-state index contributed by atoms with van der Waals surface area (Å²) in [5.74, 6) is -0.338. The average Bonchev–Trinajstić information content (AvgIpc) is 3.61. The van der Waals surface area contributed by atoms with Gasteiger partial charge in [-0.05, 0) is 61.6 Å². The van der Waals surface area contributed by atoms with Crippen LogP contribution in [0.25, 0.3) is 0 Å². The molecule has 1 aliphatic carbocycles. The number of rotatable bonds is 8. The molecule has 2 aromatic carbocycles. The SMILES string of the molecule is Cc1ccccc1C(C/C(=N\O)c1ccc(=O)[nH]c1C)c1ccc(C(=O)NC2(CO)CC2)cc1. The second-order valence-corrected chi connectivity index (χ2v) is 9.04. The lowest BCUT2D eigenvalue weighted by Gasteiger charge is -2.22. The van der Waals surface area contributed by atoms with E-state index in [0.29, 0.717) is 29.0 Å². The van der Waals surface area contributed by atoms with Crippen LogP contribution in [-0.4, -0.2) is 39.1 Å². The summed E-state index contributed by atoms with van der Waals surface area (Å²) in [6, 6.07) is 18.5. The molecule has 1 unspecified atom stereocenters. The lowest BCUT2D eigenvalue weighted by atomic mass is 9.83. The first-order chi connectivity index (χ1) is 16.4. The fourth-order valence-electron chi connectivity index (χ4n) is 4.33. The molecule has 0 saturated heterocycles. The Morgan fingerprint density at radius 2 is 1.79 bits per heavy atom. The topological polar surface area (TPSA) is 115 Å². The van der Waals surface area contributed by atoms with Crippen molar-refractivity contribution in [3.8, 4) is 0 Å². The maximum Gasteiger partial charge on any atom is 0.251 e. The highest BCUT2D eigenvalue weighted by Crippen LogP contribution is 2.35. The molecule has 3 aromatic rings. The van der Waals surface area contributed by atoms with Gasteiger partial charge in [0.2, 0.25) is 5.56 Å². The van der Waals surface area contributed by atoms with Gasteiger partial charge in [-0.1, -0.05) is 41.6 Å². The molecule has 0 bridgehead atoms. The maximum atomic E-state index is 12.6. The van der Waals surface area contributed by atoms with Crippen LogP contribution in [0.1, 0.15) is 63.5 Å². The maximum absolute atomic E-state index is 12.6. The number of pyridine rings is 1. The minimum Gasteiger partial charge on any atom is -0.411 e. The summed E-state index contributed by atoms with van der Waals surface area (Å²) in [5.41, 5.74) is 4.77. The molecular weight excluding hydrogens is 430 g/mol. The van der Waals surface area contributed by atoms with Gasteiger partial charge in [0.05, 0.1) is 17.9 Å². The van der Waals surface area contributed by atoms with Gasteiger partial charge in [0.15, 0.2) is 0 Å². The summed E-state index contributed by atoms with van der Waals surface area (Å²) >= 11 is 0. The first-order valence-electron chi connectivity index (χ1n) is 11.4. The van der Waals surface area contributed by atoms with Crippen molar-refractivity contribution in [1.82, 2.24) is 10.3 Å². The van der Waals surface area contributed by atoms with Gasteiger partial charge < -0.3 is 20.6 Å². The van der Waals surface area contributed by atoms with Crippen molar-refractivity contribution in [1.29, 1.82) is 0 Å². The Kier molecular flexibility index (Phi) is 6.65. The minimum absolute atomic E-state index is 0.0559. The van der Waals surface area contributed by atoms with E-state index in [0.717, 1.165) is 29.5 Å². The number of aliphatic hydroxyl groups is 1. The van der Waals surface area contributed by atoms with E-state index in [1.807, 2.05) is 43.3 Å². The zero-order chi connectivity index (χ0) is 24.3. The zero-order valence-corrected chi connectivity index (χ0v) is 19.3. The van der Waals surface area contributed by atoms with Crippen LogP contribution in [-0.2, 0) is 0 Å².